The van der Waals surface area contributed by atoms with Gasteiger partial charge in [-0.15, -0.1) is 11.3 Å². The summed E-state index contributed by atoms with van der Waals surface area (Å²) in [7, 11) is 0. The van der Waals surface area contributed by atoms with Crippen molar-refractivity contribution in [2.24, 2.45) is 0 Å². The molecule has 2 amide bonds. The maximum atomic E-state index is 13.1. The predicted molar refractivity (Wildman–Crippen MR) is 115 cm³/mol. The van der Waals surface area contributed by atoms with E-state index in [1.165, 1.54) is 18.3 Å². The molecule has 0 unspecified atom stereocenters. The van der Waals surface area contributed by atoms with Crippen LogP contribution in [0.15, 0.2) is 54.6 Å². The molecule has 29 heavy (non-hydrogen) atoms. The minimum atomic E-state index is -0.900. The van der Waals surface area contributed by atoms with Crippen LogP contribution in [0.1, 0.15) is 34.1 Å². The van der Waals surface area contributed by atoms with Crippen LogP contribution in [-0.4, -0.2) is 41.0 Å². The van der Waals surface area contributed by atoms with Crippen molar-refractivity contribution in [3.8, 4) is 0 Å². The zero-order valence-corrected chi connectivity index (χ0v) is 17.3. The first-order chi connectivity index (χ1) is 13.9. The fourth-order valence-corrected chi connectivity index (χ4v) is 5.16. The second-order valence-corrected chi connectivity index (χ2v) is 8.77. The van der Waals surface area contributed by atoms with Crippen molar-refractivity contribution < 1.29 is 14.7 Å². The Hall–Kier alpha value is -2.70. The Labute approximate surface area is 174 Å². The zero-order valence-electron chi connectivity index (χ0n) is 16.5. The number of piperidine rings is 1. The first kappa shape index (κ1) is 19.6. The summed E-state index contributed by atoms with van der Waals surface area (Å²) in [6.45, 7) is 4.11. The Balaban J connectivity index is 1.59. The highest BCUT2D eigenvalue weighted by molar-refractivity contribution is 7.20. The third kappa shape index (κ3) is 3.66. The number of amides is 2. The number of carbonyl (C=O) groups excluding carboxylic acids is 2. The van der Waals surface area contributed by atoms with Crippen molar-refractivity contribution in [3.05, 3.63) is 70.6 Å². The van der Waals surface area contributed by atoms with Crippen LogP contribution in [0.25, 0.3) is 10.1 Å². The fourth-order valence-electron chi connectivity index (χ4n) is 4.15. The Bertz CT molecular complexity index is 1060. The van der Waals surface area contributed by atoms with Crippen LogP contribution in [0.3, 0.4) is 0 Å². The van der Waals surface area contributed by atoms with Crippen LogP contribution in [0.2, 0.25) is 0 Å². The van der Waals surface area contributed by atoms with E-state index in [1.54, 1.807) is 4.90 Å². The number of hydrogen-bond donors (Lipinski definition) is 2. The van der Waals surface area contributed by atoms with Gasteiger partial charge in [0.25, 0.3) is 5.91 Å². The monoisotopic (exact) mass is 408 g/mol. The number of hydrogen-bond acceptors (Lipinski definition) is 4. The average molecular weight is 409 g/mol. The minimum absolute atomic E-state index is 0.0765. The Morgan fingerprint density at radius 2 is 1.93 bits per heavy atom. The molecule has 1 saturated heterocycles. The Morgan fingerprint density at radius 1 is 1.17 bits per heavy atom. The lowest BCUT2D eigenvalue weighted by Crippen LogP contribution is -2.62. The molecule has 0 saturated carbocycles. The van der Waals surface area contributed by atoms with Crippen LogP contribution >= 0.6 is 11.3 Å². The molecule has 1 aliphatic rings. The van der Waals surface area contributed by atoms with E-state index in [9.17, 15) is 14.7 Å². The third-order valence-corrected chi connectivity index (χ3v) is 6.70. The molecule has 1 fully saturated rings. The molecule has 0 radical (unpaired) electrons. The molecule has 2 aromatic carbocycles. The van der Waals surface area contributed by atoms with E-state index in [4.69, 9.17) is 0 Å². The van der Waals surface area contributed by atoms with Crippen molar-refractivity contribution in [1.29, 1.82) is 0 Å². The number of carbonyl (C=O) groups is 2. The van der Waals surface area contributed by atoms with Crippen LogP contribution in [0, 0.1) is 6.92 Å². The topological polar surface area (TPSA) is 69.6 Å². The molecule has 5 nitrogen and oxygen atoms in total. The van der Waals surface area contributed by atoms with Crippen LogP contribution < -0.4 is 5.32 Å². The maximum Gasteiger partial charge on any atom is 0.264 e. The smallest absolute Gasteiger partial charge is 0.264 e. The second kappa shape index (κ2) is 7.61. The highest BCUT2D eigenvalue weighted by Gasteiger charge is 2.45. The number of thiophene rings is 1. The maximum absolute atomic E-state index is 13.1. The summed E-state index contributed by atoms with van der Waals surface area (Å²) < 4.78 is 1.08. The van der Waals surface area contributed by atoms with Gasteiger partial charge in [-0.05, 0) is 36.4 Å². The molecule has 2 heterocycles. The van der Waals surface area contributed by atoms with Crippen molar-refractivity contribution in [2.45, 2.75) is 31.9 Å². The highest BCUT2D eigenvalue weighted by Crippen LogP contribution is 2.35. The summed E-state index contributed by atoms with van der Waals surface area (Å²) in [5.74, 6) is -0.278. The molecule has 1 aromatic heterocycles. The van der Waals surface area contributed by atoms with Gasteiger partial charge in [0.05, 0.1) is 16.5 Å². The van der Waals surface area contributed by atoms with Crippen LogP contribution in [-0.2, 0) is 10.3 Å². The number of fused-ring (bicyclic) bond motifs is 1. The van der Waals surface area contributed by atoms with Gasteiger partial charge in [-0.1, -0.05) is 48.0 Å². The number of nitrogens with one attached hydrogen (secondary N) is 1. The number of rotatable bonds is 3. The molecule has 0 spiro atoms. The molecule has 1 aliphatic heterocycles. The number of β-amino-alcohol motifs (C(OH)–C–C–N with tert-alkyl or cyclic N) is 1. The molecule has 3 aromatic rings. The van der Waals surface area contributed by atoms with Crippen molar-refractivity contribution >= 4 is 33.2 Å². The van der Waals surface area contributed by atoms with E-state index in [0.29, 0.717) is 17.8 Å². The van der Waals surface area contributed by atoms with E-state index in [-0.39, 0.29) is 18.4 Å². The summed E-state index contributed by atoms with van der Waals surface area (Å²) in [4.78, 5) is 27.4. The lowest BCUT2D eigenvalue weighted by atomic mass is 9.78. The SMILES string of the molecule is CC(=O)N[C@]1(c2ccccc2)CCN(C(=O)c2cc3cc(C)ccc3s2)C[C@H]1O. The number of aryl methyl sites for hydroxylation is 1. The molecular formula is C23H24N2O3S. The van der Waals surface area contributed by atoms with Gasteiger partial charge in [0, 0.05) is 24.7 Å². The fraction of sp³-hybridized carbons (Fsp3) is 0.304. The molecule has 6 heteroatoms. The predicted octanol–water partition coefficient (Wildman–Crippen LogP) is 3.45. The molecule has 2 N–H and O–H groups in total. The van der Waals surface area contributed by atoms with Crippen molar-refractivity contribution in [3.63, 3.8) is 0 Å². The van der Waals surface area contributed by atoms with E-state index in [1.807, 2.05) is 55.5 Å². The first-order valence-corrected chi connectivity index (χ1v) is 10.5. The van der Waals surface area contributed by atoms with Gasteiger partial charge in [0.1, 0.15) is 0 Å². The lowest BCUT2D eigenvalue weighted by molar-refractivity contribution is -0.124. The molecule has 2 atom stereocenters. The Kier molecular flexibility index (Phi) is 5.15. The number of benzene rings is 2. The third-order valence-electron chi connectivity index (χ3n) is 5.60. The van der Waals surface area contributed by atoms with Crippen LogP contribution in [0.4, 0.5) is 0 Å². The minimum Gasteiger partial charge on any atom is -0.388 e. The quantitative estimate of drug-likeness (QED) is 0.697. The van der Waals surface area contributed by atoms with E-state index >= 15 is 0 Å². The molecular weight excluding hydrogens is 384 g/mol. The summed E-state index contributed by atoms with van der Waals surface area (Å²) in [5.41, 5.74) is 1.12. The standard InChI is InChI=1S/C23H24N2O3S/c1-15-8-9-19-17(12-15)13-20(29-19)22(28)25-11-10-23(21(27)14-25,24-16(2)26)18-6-4-3-5-7-18/h3-9,12-13,21,27H,10-11,14H2,1-2H3,(H,24,26)/t21-,23+/m1/s1. The summed E-state index contributed by atoms with van der Waals surface area (Å²) in [5, 5.41) is 15.1. The van der Waals surface area contributed by atoms with E-state index < -0.39 is 11.6 Å². The molecule has 0 aliphatic carbocycles. The normalized spacial score (nSPS) is 21.9. The summed E-state index contributed by atoms with van der Waals surface area (Å²) in [6, 6.07) is 17.6. The van der Waals surface area contributed by atoms with Gasteiger partial charge in [-0.3, -0.25) is 9.59 Å². The second-order valence-electron chi connectivity index (χ2n) is 7.69. The van der Waals surface area contributed by atoms with Crippen LogP contribution in [0.5, 0.6) is 0 Å². The largest absolute Gasteiger partial charge is 0.388 e. The van der Waals surface area contributed by atoms with E-state index in [0.717, 1.165) is 21.2 Å². The van der Waals surface area contributed by atoms with Crippen molar-refractivity contribution in [2.75, 3.05) is 13.1 Å². The first-order valence-electron chi connectivity index (χ1n) is 9.71. The summed E-state index contributed by atoms with van der Waals surface area (Å²) >= 11 is 1.47. The number of aliphatic hydroxyl groups is 1. The number of nitrogens with zero attached hydrogens (tertiary/aromatic N) is 1. The number of aliphatic hydroxyl groups excluding tert-OH is 1. The Morgan fingerprint density at radius 3 is 2.62 bits per heavy atom. The average Bonchev–Trinajstić information content (AvgIpc) is 3.12. The molecule has 150 valence electrons. The molecule has 4 rings (SSSR count). The van der Waals surface area contributed by atoms with Gasteiger partial charge < -0.3 is 15.3 Å². The van der Waals surface area contributed by atoms with Gasteiger partial charge in [-0.2, -0.15) is 0 Å². The zero-order chi connectivity index (χ0) is 20.6. The number of likely N-dealkylation sites (tertiary alicyclic amines) is 1. The molecule has 0 bridgehead atoms. The van der Waals surface area contributed by atoms with Gasteiger partial charge >= 0.3 is 0 Å². The summed E-state index contributed by atoms with van der Waals surface area (Å²) in [6.07, 6.45) is -0.448. The van der Waals surface area contributed by atoms with Gasteiger partial charge in [-0.25, -0.2) is 0 Å². The van der Waals surface area contributed by atoms with Crippen molar-refractivity contribution in [1.82, 2.24) is 10.2 Å². The van der Waals surface area contributed by atoms with Gasteiger partial charge in [0.2, 0.25) is 5.91 Å². The highest BCUT2D eigenvalue weighted by atomic mass is 32.1. The van der Waals surface area contributed by atoms with Gasteiger partial charge in [0.15, 0.2) is 0 Å². The lowest BCUT2D eigenvalue weighted by Gasteiger charge is -2.46. The van der Waals surface area contributed by atoms with E-state index in [2.05, 4.69) is 11.4 Å².